The van der Waals surface area contributed by atoms with Gasteiger partial charge in [-0.3, -0.25) is 39.0 Å². The van der Waals surface area contributed by atoms with Crippen LogP contribution >= 0.6 is 35.0 Å². The van der Waals surface area contributed by atoms with Gasteiger partial charge in [-0.25, -0.2) is 4.79 Å². The fourth-order valence-electron chi connectivity index (χ4n) is 9.54. The van der Waals surface area contributed by atoms with Gasteiger partial charge < -0.3 is 46.6 Å². The Hall–Kier alpha value is -5.68. The Morgan fingerprint density at radius 2 is 1.47 bits per heavy atom. The zero-order valence-corrected chi connectivity index (χ0v) is 45.6. The summed E-state index contributed by atoms with van der Waals surface area (Å²) in [5, 5.41) is 32.9. The molecule has 408 valence electrons. The molecule has 2 aliphatic rings. The Morgan fingerprint density at radius 3 is 2.07 bits per heavy atom. The number of aromatic amines is 2. The largest absolute Gasteiger partial charge is 0.369 e. The lowest BCUT2D eigenvalue weighted by Crippen LogP contribution is -2.58. The highest BCUT2D eigenvalue weighted by Crippen LogP contribution is 2.47. The lowest BCUT2D eigenvalue weighted by atomic mass is 9.79. The topological polar surface area (TPSA) is 290 Å². The number of unbranched alkanes of at least 4 members (excludes halogenated alkanes) is 1. The number of hydrogen-bond acceptors (Lipinski definition) is 13. The number of aryl methyl sites for hydroxylation is 1. The molecule has 0 radical (unpaired) electrons. The van der Waals surface area contributed by atoms with E-state index in [1.54, 1.807) is 23.6 Å². The van der Waals surface area contributed by atoms with Crippen LogP contribution in [0.1, 0.15) is 103 Å². The van der Waals surface area contributed by atoms with Crippen LogP contribution in [0.25, 0.3) is 0 Å². The third-order valence-corrected chi connectivity index (χ3v) is 16.1. The molecule has 1 aromatic carbocycles. The Balaban J connectivity index is 1.28. The summed E-state index contributed by atoms with van der Waals surface area (Å²) in [5.74, 6) is -2.41. The SMILES string of the molecule is CCCN(CC(CC)C(=O)N(CC(N)=O)Cc1c[nH]nn1)C(=O)C(C)CN(Cc1c[nH]nn1)C(=O)C(CNC(=O)CCCc1ccc(N(CCCl)CCCl)cc1)NC(=O)CCCC[C@@H]1SC[C@]2(C)NC(=O)N[C@]12C. The fourth-order valence-corrected chi connectivity index (χ4v) is 11.8. The molecule has 8 amide bonds. The highest BCUT2D eigenvalue weighted by molar-refractivity contribution is 8.00. The van der Waals surface area contributed by atoms with Crippen LogP contribution in [0.2, 0.25) is 0 Å². The number of nitrogens with one attached hydrogen (secondary N) is 6. The van der Waals surface area contributed by atoms with Crippen molar-refractivity contribution >= 4 is 82.1 Å². The number of thioether (sulfide) groups is 1. The number of nitrogens with two attached hydrogens (primary N) is 1. The molecule has 8 N–H and O–H groups in total. The van der Waals surface area contributed by atoms with Crippen molar-refractivity contribution < 1.29 is 33.6 Å². The van der Waals surface area contributed by atoms with E-state index in [0.717, 1.165) is 23.4 Å². The lowest BCUT2D eigenvalue weighted by molar-refractivity contribution is -0.144. The molecule has 25 heteroatoms. The molecular weight excluding hydrogens is 1010 g/mol. The summed E-state index contributed by atoms with van der Waals surface area (Å²) in [6.45, 7) is 10.5. The first-order chi connectivity index (χ1) is 35.4. The fraction of sp³-hybridized carbons (Fsp3) is 0.653. The number of rotatable bonds is 33. The monoisotopic (exact) mass is 1090 g/mol. The van der Waals surface area contributed by atoms with Crippen molar-refractivity contribution in [3.05, 3.63) is 53.6 Å². The first-order valence-electron chi connectivity index (χ1n) is 25.5. The molecule has 3 unspecified atom stereocenters. The highest BCUT2D eigenvalue weighted by Gasteiger charge is 2.60. The summed E-state index contributed by atoms with van der Waals surface area (Å²) in [6.07, 6.45) is 7.39. The van der Waals surface area contributed by atoms with Crippen LogP contribution in [-0.4, -0.2) is 173 Å². The van der Waals surface area contributed by atoms with E-state index < -0.39 is 35.2 Å². The van der Waals surface area contributed by atoms with Gasteiger partial charge in [0, 0.05) is 93.0 Å². The number of nitrogens with zero attached hydrogens (tertiary/aromatic N) is 8. The third kappa shape index (κ3) is 16.7. The van der Waals surface area contributed by atoms with Crippen LogP contribution in [-0.2, 0) is 48.3 Å². The molecule has 2 fully saturated rings. The molecule has 2 aromatic heterocycles. The van der Waals surface area contributed by atoms with Crippen molar-refractivity contribution in [2.24, 2.45) is 17.6 Å². The zero-order valence-electron chi connectivity index (χ0n) is 43.3. The molecule has 2 saturated heterocycles. The van der Waals surface area contributed by atoms with Crippen LogP contribution in [0.15, 0.2) is 36.7 Å². The van der Waals surface area contributed by atoms with Crippen LogP contribution in [0, 0.1) is 11.8 Å². The van der Waals surface area contributed by atoms with E-state index in [4.69, 9.17) is 28.9 Å². The highest BCUT2D eigenvalue weighted by atomic mass is 35.5. The number of urea groups is 1. The van der Waals surface area contributed by atoms with Gasteiger partial charge in [0.25, 0.3) is 0 Å². The zero-order chi connectivity index (χ0) is 53.8. The molecule has 0 aliphatic carbocycles. The number of carbonyl (C=O) groups is 7. The second-order valence-electron chi connectivity index (χ2n) is 19.6. The first kappa shape index (κ1) is 59.2. The second kappa shape index (κ2) is 28.8. The molecule has 5 rings (SSSR count). The van der Waals surface area contributed by atoms with Crippen LogP contribution in [0.5, 0.6) is 0 Å². The van der Waals surface area contributed by atoms with Crippen LogP contribution < -0.4 is 31.9 Å². The van der Waals surface area contributed by atoms with Gasteiger partial charge in [0.15, 0.2) is 0 Å². The van der Waals surface area contributed by atoms with E-state index in [-0.39, 0.29) is 92.6 Å². The summed E-state index contributed by atoms with van der Waals surface area (Å²) in [7, 11) is 0. The van der Waals surface area contributed by atoms with Crippen molar-refractivity contribution in [2.45, 2.75) is 128 Å². The number of benzene rings is 1. The molecule has 0 spiro atoms. The number of alkyl halides is 2. The van der Waals surface area contributed by atoms with Gasteiger partial charge in [0.1, 0.15) is 17.4 Å². The predicted molar refractivity (Wildman–Crippen MR) is 284 cm³/mol. The minimum atomic E-state index is -1.21. The van der Waals surface area contributed by atoms with E-state index in [1.165, 1.54) is 22.2 Å². The van der Waals surface area contributed by atoms with Gasteiger partial charge in [-0.15, -0.1) is 33.4 Å². The molecule has 0 saturated carbocycles. The number of amides is 8. The number of fused-ring (bicyclic) bond motifs is 1. The van der Waals surface area contributed by atoms with E-state index in [0.29, 0.717) is 81.3 Å². The van der Waals surface area contributed by atoms with Crippen molar-refractivity contribution in [3.8, 4) is 0 Å². The number of hydrogen-bond donors (Lipinski definition) is 7. The quantitative estimate of drug-likeness (QED) is 0.0263. The molecule has 4 heterocycles. The number of aromatic nitrogens is 6. The Bertz CT molecular complexity index is 2290. The summed E-state index contributed by atoms with van der Waals surface area (Å²) >= 11 is 13.8. The average Bonchev–Trinajstić information content (AvgIpc) is 4.17. The van der Waals surface area contributed by atoms with Gasteiger partial charge in [0.05, 0.1) is 42.5 Å². The maximum absolute atomic E-state index is 14.9. The van der Waals surface area contributed by atoms with Crippen LogP contribution in [0.4, 0.5) is 10.5 Å². The summed E-state index contributed by atoms with van der Waals surface area (Å²) in [6, 6.07) is 6.66. The standard InChI is InChI=1S/C49H75Cl2N15O7S/c1-6-21-64(28-35(7-2)45(71)66(31-41(52)67)30-37-25-55-62-60-37)44(70)33(3)27-65(29-36-24-54-61-59-36)46(72)39(56-43(69)13-9-8-12-40-49(5)48(4,32-74-40)57-47(73)58-49)26-53-42(68)14-10-11-34-15-17-38(18-16-34)63(22-19-50)23-20-51/h15-18,24-25,33,35,39-40H,6-14,19-23,26-32H2,1-5H3,(H2,52,67)(H,53,68)(H,56,69)(H,54,59,61)(H,55,60,62)(H2,57,58,73)/t33?,35?,39?,40-,48-,49+/m0/s1. The Kier molecular flexibility index (Phi) is 23.1. The Morgan fingerprint density at radius 1 is 0.824 bits per heavy atom. The second-order valence-corrected chi connectivity index (χ2v) is 21.5. The summed E-state index contributed by atoms with van der Waals surface area (Å²) in [4.78, 5) is 101. The number of primary amides is 1. The van der Waals surface area contributed by atoms with Gasteiger partial charge in [-0.2, -0.15) is 11.8 Å². The van der Waals surface area contributed by atoms with Gasteiger partial charge in [-0.1, -0.05) is 49.8 Å². The molecule has 6 atom stereocenters. The Labute approximate surface area is 447 Å². The average molecular weight is 1090 g/mol. The van der Waals surface area contributed by atoms with Crippen LogP contribution in [0.3, 0.4) is 0 Å². The third-order valence-electron chi connectivity index (χ3n) is 13.9. The molecule has 2 aliphatic heterocycles. The lowest BCUT2D eigenvalue weighted by Gasteiger charge is -2.35. The van der Waals surface area contributed by atoms with Gasteiger partial charge in [0.2, 0.25) is 35.4 Å². The normalized spacial score (nSPS) is 19.1. The predicted octanol–water partition coefficient (Wildman–Crippen LogP) is 3.08. The summed E-state index contributed by atoms with van der Waals surface area (Å²) < 4.78 is 0. The van der Waals surface area contributed by atoms with Crippen molar-refractivity contribution in [1.29, 1.82) is 0 Å². The van der Waals surface area contributed by atoms with Gasteiger partial charge in [-0.05, 0) is 70.1 Å². The minimum absolute atomic E-state index is 0.0126. The minimum Gasteiger partial charge on any atom is -0.369 e. The van der Waals surface area contributed by atoms with Crippen molar-refractivity contribution in [3.63, 3.8) is 0 Å². The summed E-state index contributed by atoms with van der Waals surface area (Å²) in [5.41, 5.74) is 7.61. The number of anilines is 1. The van der Waals surface area contributed by atoms with E-state index in [2.05, 4.69) is 63.9 Å². The molecular formula is C49H75Cl2N15O7S. The smallest absolute Gasteiger partial charge is 0.315 e. The number of halogens is 2. The van der Waals surface area contributed by atoms with E-state index >= 15 is 0 Å². The maximum Gasteiger partial charge on any atom is 0.315 e. The van der Waals surface area contributed by atoms with E-state index in [9.17, 15) is 33.6 Å². The van der Waals surface area contributed by atoms with E-state index in [1.807, 2.05) is 45.0 Å². The number of carbonyl (C=O) groups excluding carboxylic acids is 7. The van der Waals surface area contributed by atoms with Crippen molar-refractivity contribution in [1.82, 2.24) is 66.8 Å². The molecule has 22 nitrogen and oxygen atoms in total. The first-order valence-corrected chi connectivity index (χ1v) is 27.6. The number of H-pyrrole nitrogens is 2. The van der Waals surface area contributed by atoms with Gasteiger partial charge >= 0.3 is 6.03 Å². The maximum atomic E-state index is 14.9. The molecule has 74 heavy (non-hydrogen) atoms. The molecule has 3 aromatic rings. The molecule has 0 bridgehead atoms. The van der Waals surface area contributed by atoms with Crippen molar-refractivity contribution in [2.75, 3.05) is 68.2 Å².